The number of carbonyl (C=O) groups excluding carboxylic acids is 2. The maximum atomic E-state index is 11.7. The highest BCUT2D eigenvalue weighted by molar-refractivity contribution is 5.91. The predicted molar refractivity (Wildman–Crippen MR) is 68.4 cm³/mol. The standard InChI is InChI=1S/C13H17NO5/c1-13(2,3)12(16)19-18-11(15)8-5-6-9(14)10(7-8)17-4/h5-7H,14H2,1-4H3. The summed E-state index contributed by atoms with van der Waals surface area (Å²) in [6.07, 6.45) is 0. The van der Waals surface area contributed by atoms with E-state index < -0.39 is 17.4 Å². The first-order chi connectivity index (χ1) is 8.75. The first kappa shape index (κ1) is 14.8. The molecule has 0 spiro atoms. The lowest BCUT2D eigenvalue weighted by atomic mass is 9.98. The number of nitrogen functional groups attached to an aromatic ring is 1. The highest BCUT2D eigenvalue weighted by atomic mass is 17.2. The Hall–Kier alpha value is -2.24. The summed E-state index contributed by atoms with van der Waals surface area (Å²) < 4.78 is 4.98. The van der Waals surface area contributed by atoms with E-state index in [1.54, 1.807) is 20.8 Å². The van der Waals surface area contributed by atoms with Crippen LogP contribution in [0.3, 0.4) is 0 Å². The van der Waals surface area contributed by atoms with Crippen molar-refractivity contribution in [2.45, 2.75) is 20.8 Å². The molecule has 0 heterocycles. The van der Waals surface area contributed by atoms with Gasteiger partial charge in [-0.2, -0.15) is 0 Å². The molecule has 0 fully saturated rings. The van der Waals surface area contributed by atoms with E-state index in [9.17, 15) is 9.59 Å². The third kappa shape index (κ3) is 3.87. The normalized spacial score (nSPS) is 10.7. The lowest BCUT2D eigenvalue weighted by molar-refractivity contribution is -0.242. The topological polar surface area (TPSA) is 87.9 Å². The number of hydrogen-bond acceptors (Lipinski definition) is 6. The van der Waals surface area contributed by atoms with Gasteiger partial charge in [0.05, 0.1) is 23.8 Å². The second-order valence-corrected chi connectivity index (χ2v) is 4.95. The molecule has 0 radical (unpaired) electrons. The number of nitrogens with two attached hydrogens (primary N) is 1. The molecule has 2 N–H and O–H groups in total. The van der Waals surface area contributed by atoms with Crippen LogP contribution in [0.25, 0.3) is 0 Å². The third-order valence-electron chi connectivity index (χ3n) is 2.27. The molecule has 1 rings (SSSR count). The molecule has 0 unspecified atom stereocenters. The van der Waals surface area contributed by atoms with Crippen LogP contribution in [0, 0.1) is 5.41 Å². The lowest BCUT2D eigenvalue weighted by Crippen LogP contribution is -2.24. The Morgan fingerprint density at radius 3 is 2.32 bits per heavy atom. The van der Waals surface area contributed by atoms with Crippen molar-refractivity contribution in [3.8, 4) is 5.75 Å². The van der Waals surface area contributed by atoms with Crippen LogP contribution in [0.5, 0.6) is 5.75 Å². The zero-order chi connectivity index (χ0) is 14.6. The molecule has 0 saturated carbocycles. The monoisotopic (exact) mass is 267 g/mol. The molecule has 0 amide bonds. The summed E-state index contributed by atoms with van der Waals surface area (Å²) in [6, 6.07) is 4.36. The van der Waals surface area contributed by atoms with Gasteiger partial charge in [-0.3, -0.25) is 0 Å². The van der Waals surface area contributed by atoms with Crippen LogP contribution in [0.2, 0.25) is 0 Å². The first-order valence-electron chi connectivity index (χ1n) is 5.62. The third-order valence-corrected chi connectivity index (χ3v) is 2.27. The minimum atomic E-state index is -0.795. The molecule has 1 aromatic carbocycles. The molecule has 19 heavy (non-hydrogen) atoms. The van der Waals surface area contributed by atoms with Gasteiger partial charge in [0.25, 0.3) is 0 Å². The van der Waals surface area contributed by atoms with Gasteiger partial charge in [0.15, 0.2) is 0 Å². The molecule has 0 aromatic heterocycles. The maximum absolute atomic E-state index is 11.7. The molecule has 0 aliphatic heterocycles. The fourth-order valence-corrected chi connectivity index (χ4v) is 1.09. The van der Waals surface area contributed by atoms with Gasteiger partial charge in [-0.25, -0.2) is 19.4 Å². The zero-order valence-electron chi connectivity index (χ0n) is 11.4. The van der Waals surface area contributed by atoms with Crippen molar-refractivity contribution in [1.82, 2.24) is 0 Å². The van der Waals surface area contributed by atoms with Gasteiger partial charge in [0.2, 0.25) is 0 Å². The minimum absolute atomic E-state index is 0.174. The van der Waals surface area contributed by atoms with E-state index in [1.807, 2.05) is 0 Å². The molecule has 104 valence electrons. The second kappa shape index (κ2) is 5.60. The Morgan fingerprint density at radius 2 is 1.79 bits per heavy atom. The zero-order valence-corrected chi connectivity index (χ0v) is 11.4. The Bertz CT molecular complexity index is 490. The van der Waals surface area contributed by atoms with E-state index in [-0.39, 0.29) is 5.56 Å². The number of hydrogen-bond donors (Lipinski definition) is 1. The number of methoxy groups -OCH3 is 1. The quantitative estimate of drug-likeness (QED) is 0.500. The van der Waals surface area contributed by atoms with E-state index in [2.05, 4.69) is 9.78 Å². The summed E-state index contributed by atoms with van der Waals surface area (Å²) in [7, 11) is 1.43. The molecule has 6 nitrogen and oxygen atoms in total. The van der Waals surface area contributed by atoms with Crippen molar-refractivity contribution in [1.29, 1.82) is 0 Å². The SMILES string of the molecule is COc1cc(C(=O)OOC(=O)C(C)(C)C)ccc1N. The van der Waals surface area contributed by atoms with Crippen molar-refractivity contribution in [2.24, 2.45) is 5.41 Å². The second-order valence-electron chi connectivity index (χ2n) is 4.95. The minimum Gasteiger partial charge on any atom is -0.495 e. The van der Waals surface area contributed by atoms with E-state index >= 15 is 0 Å². The number of ether oxygens (including phenoxy) is 1. The van der Waals surface area contributed by atoms with E-state index in [4.69, 9.17) is 10.5 Å². The van der Waals surface area contributed by atoms with Crippen LogP contribution in [-0.4, -0.2) is 19.0 Å². The van der Waals surface area contributed by atoms with Crippen LogP contribution in [0.15, 0.2) is 18.2 Å². The molecule has 0 aliphatic carbocycles. The van der Waals surface area contributed by atoms with Crippen molar-refractivity contribution in [3.05, 3.63) is 23.8 Å². The Balaban J connectivity index is 2.72. The molecule has 6 heteroatoms. The highest BCUT2D eigenvalue weighted by Crippen LogP contribution is 2.23. The number of benzene rings is 1. The molecule has 1 aromatic rings. The first-order valence-corrected chi connectivity index (χ1v) is 5.62. The van der Waals surface area contributed by atoms with Gasteiger partial charge in [-0.05, 0) is 39.0 Å². The molecular weight excluding hydrogens is 250 g/mol. The summed E-state index contributed by atoms with van der Waals surface area (Å²) in [5.41, 5.74) is 5.43. The Morgan fingerprint density at radius 1 is 1.16 bits per heavy atom. The largest absolute Gasteiger partial charge is 0.495 e. The van der Waals surface area contributed by atoms with Crippen molar-refractivity contribution >= 4 is 17.6 Å². The van der Waals surface area contributed by atoms with Crippen LogP contribution in [0.4, 0.5) is 5.69 Å². The molecule has 0 bridgehead atoms. The van der Waals surface area contributed by atoms with Gasteiger partial charge in [0.1, 0.15) is 5.75 Å². The molecule has 0 atom stereocenters. The fraction of sp³-hybridized carbons (Fsp3) is 0.385. The summed E-state index contributed by atoms with van der Waals surface area (Å²) in [6.45, 7) is 4.94. The van der Waals surface area contributed by atoms with Crippen molar-refractivity contribution < 1.29 is 24.1 Å². The van der Waals surface area contributed by atoms with Crippen LogP contribution < -0.4 is 10.5 Å². The number of anilines is 1. The number of rotatable bonds is 2. The van der Waals surface area contributed by atoms with Gasteiger partial charge in [0, 0.05) is 0 Å². The van der Waals surface area contributed by atoms with Crippen molar-refractivity contribution in [3.63, 3.8) is 0 Å². The summed E-state index contributed by atoms with van der Waals surface area (Å²) >= 11 is 0. The van der Waals surface area contributed by atoms with Crippen LogP contribution in [-0.2, 0) is 14.6 Å². The summed E-state index contributed by atoms with van der Waals surface area (Å²) in [5, 5.41) is 0. The molecule has 0 aliphatic rings. The van der Waals surface area contributed by atoms with E-state index in [0.717, 1.165) is 0 Å². The summed E-state index contributed by atoms with van der Waals surface area (Å²) in [5.74, 6) is -1.09. The molecular formula is C13H17NO5. The molecule has 0 saturated heterocycles. The smallest absolute Gasteiger partial charge is 0.386 e. The maximum Gasteiger partial charge on any atom is 0.386 e. The average Bonchev–Trinajstić information content (AvgIpc) is 2.34. The van der Waals surface area contributed by atoms with E-state index in [0.29, 0.717) is 11.4 Å². The van der Waals surface area contributed by atoms with Gasteiger partial charge >= 0.3 is 11.9 Å². The lowest BCUT2D eigenvalue weighted by Gasteiger charge is -2.14. The predicted octanol–water partition coefficient (Wildman–Crippen LogP) is 1.94. The van der Waals surface area contributed by atoms with Crippen LogP contribution in [0.1, 0.15) is 31.1 Å². The Labute approximate surface area is 111 Å². The summed E-state index contributed by atoms with van der Waals surface area (Å²) in [4.78, 5) is 32.0. The van der Waals surface area contributed by atoms with E-state index in [1.165, 1.54) is 25.3 Å². The fourth-order valence-electron chi connectivity index (χ4n) is 1.09. The Kier molecular flexibility index (Phi) is 4.37. The van der Waals surface area contributed by atoms with Gasteiger partial charge in [-0.15, -0.1) is 0 Å². The van der Waals surface area contributed by atoms with Crippen molar-refractivity contribution in [2.75, 3.05) is 12.8 Å². The number of carbonyl (C=O) groups is 2. The average molecular weight is 267 g/mol. The van der Waals surface area contributed by atoms with Crippen LogP contribution >= 0.6 is 0 Å². The highest BCUT2D eigenvalue weighted by Gasteiger charge is 2.26. The van der Waals surface area contributed by atoms with Gasteiger partial charge in [-0.1, -0.05) is 0 Å². The van der Waals surface area contributed by atoms with Gasteiger partial charge < -0.3 is 10.5 Å².